The molecule has 0 aliphatic heterocycles. The first-order valence-electron chi connectivity index (χ1n) is 11.2. The number of nitrogens with two attached hydrogens (primary N) is 2. The van der Waals surface area contributed by atoms with Crippen molar-refractivity contribution in [2.24, 2.45) is 5.73 Å². The van der Waals surface area contributed by atoms with E-state index in [4.69, 9.17) is 30.9 Å². The largest absolute Gasteiger partial charge is 0.491 e. The van der Waals surface area contributed by atoms with Gasteiger partial charge in [0.1, 0.15) is 18.1 Å². The highest BCUT2D eigenvalue weighted by molar-refractivity contribution is 7.99. The van der Waals surface area contributed by atoms with Gasteiger partial charge in [-0.05, 0) is 60.4 Å². The van der Waals surface area contributed by atoms with Crippen molar-refractivity contribution in [2.75, 3.05) is 37.7 Å². The number of hydrogen-bond acceptors (Lipinski definition) is 9. The maximum atomic E-state index is 11.3. The van der Waals surface area contributed by atoms with E-state index >= 15 is 0 Å². The molecule has 36 heavy (non-hydrogen) atoms. The van der Waals surface area contributed by atoms with Gasteiger partial charge in [0.05, 0.1) is 18.2 Å². The first kappa shape index (κ1) is 29.1. The van der Waals surface area contributed by atoms with E-state index in [1.807, 2.05) is 48.5 Å². The van der Waals surface area contributed by atoms with Crippen molar-refractivity contribution in [3.63, 3.8) is 0 Å². The van der Waals surface area contributed by atoms with Gasteiger partial charge in [0.15, 0.2) is 12.4 Å². The minimum Gasteiger partial charge on any atom is -0.491 e. The van der Waals surface area contributed by atoms with Crippen molar-refractivity contribution in [3.05, 3.63) is 77.9 Å². The number of rotatable bonds is 12. The molecule has 0 bridgehead atoms. The van der Waals surface area contributed by atoms with Gasteiger partial charge < -0.3 is 25.7 Å². The smallest absolute Gasteiger partial charge is 0.179 e. The number of hydrogen-bond donors (Lipinski definition) is 2. The Bertz CT molecular complexity index is 1120. The van der Waals surface area contributed by atoms with Gasteiger partial charge in [-0.2, -0.15) is 5.26 Å². The Kier molecular flexibility index (Phi) is 13.3. The molecular weight excluding hydrogens is 494 g/mol. The van der Waals surface area contributed by atoms with E-state index in [0.29, 0.717) is 30.4 Å². The van der Waals surface area contributed by atoms with E-state index in [9.17, 15) is 4.79 Å². The second-order valence-electron chi connectivity index (χ2n) is 7.17. The maximum absolute atomic E-state index is 11.3. The van der Waals surface area contributed by atoms with Crippen LogP contribution in [0.25, 0.3) is 0 Å². The molecule has 3 aromatic carbocycles. The van der Waals surface area contributed by atoms with Crippen LogP contribution < -0.4 is 20.9 Å². The Morgan fingerprint density at radius 3 is 2.42 bits per heavy atom. The van der Waals surface area contributed by atoms with Crippen LogP contribution in [0.15, 0.2) is 76.5 Å². The number of thioether (sulfide) groups is 2. The minimum absolute atomic E-state index is 0.506. The van der Waals surface area contributed by atoms with Gasteiger partial charge in [-0.1, -0.05) is 19.1 Å². The molecule has 3 rings (SSSR count). The zero-order valence-corrected chi connectivity index (χ0v) is 22.0. The molecule has 0 amide bonds. The Morgan fingerprint density at radius 2 is 1.78 bits per heavy atom. The van der Waals surface area contributed by atoms with E-state index in [1.165, 1.54) is 11.8 Å². The third-order valence-corrected chi connectivity index (χ3v) is 6.35. The molecule has 190 valence electrons. The molecule has 0 heterocycles. The topological polar surface area (TPSA) is 121 Å². The molecule has 4 N–H and O–H groups in total. The molecular formula is C27H31N3O4S2. The van der Waals surface area contributed by atoms with E-state index in [-0.39, 0.29) is 0 Å². The third-order valence-electron chi connectivity index (χ3n) is 4.65. The van der Waals surface area contributed by atoms with E-state index < -0.39 is 6.10 Å². The second-order valence-corrected chi connectivity index (χ2v) is 9.57. The van der Waals surface area contributed by atoms with Crippen molar-refractivity contribution >= 4 is 35.5 Å². The monoisotopic (exact) mass is 525 g/mol. The summed E-state index contributed by atoms with van der Waals surface area (Å²) in [4.78, 5) is 13.4. The molecule has 7 nitrogen and oxygen atoms in total. The lowest BCUT2D eigenvalue weighted by atomic mass is 10.1. The first-order chi connectivity index (χ1) is 17.5. The summed E-state index contributed by atoms with van der Waals surface area (Å²) in [5.74, 6) is 2.84. The van der Waals surface area contributed by atoms with Gasteiger partial charge in [-0.25, -0.2) is 0 Å². The second kappa shape index (κ2) is 16.5. The summed E-state index contributed by atoms with van der Waals surface area (Å²) < 4.78 is 16.0. The predicted octanol–water partition coefficient (Wildman–Crippen LogP) is 5.29. The quantitative estimate of drug-likeness (QED) is 0.107. The molecule has 1 unspecified atom stereocenters. The van der Waals surface area contributed by atoms with Crippen LogP contribution in [0, 0.1) is 11.3 Å². The molecule has 0 radical (unpaired) electrons. The highest BCUT2D eigenvalue weighted by atomic mass is 32.2. The number of nitriles is 1. The van der Waals surface area contributed by atoms with E-state index in [2.05, 4.69) is 6.92 Å². The number of methoxy groups -OCH3 is 1. The molecule has 0 spiro atoms. The summed E-state index contributed by atoms with van der Waals surface area (Å²) >= 11 is 3.22. The summed E-state index contributed by atoms with van der Waals surface area (Å²) in [5, 5.41) is 8.77. The lowest BCUT2D eigenvalue weighted by Crippen LogP contribution is -2.09. The van der Waals surface area contributed by atoms with Crippen LogP contribution >= 0.6 is 23.5 Å². The highest BCUT2D eigenvalue weighted by Crippen LogP contribution is 2.28. The van der Waals surface area contributed by atoms with Crippen molar-refractivity contribution in [1.82, 2.24) is 0 Å². The fourth-order valence-corrected chi connectivity index (χ4v) is 4.28. The van der Waals surface area contributed by atoms with Crippen LogP contribution in [-0.2, 0) is 9.53 Å². The summed E-state index contributed by atoms with van der Waals surface area (Å²) in [6, 6.07) is 22.1. The lowest BCUT2D eigenvalue weighted by molar-refractivity contribution is -0.113. The van der Waals surface area contributed by atoms with Crippen LogP contribution in [0.3, 0.4) is 0 Å². The molecule has 0 aromatic heterocycles. The molecule has 0 fully saturated rings. The first-order valence-corrected chi connectivity index (χ1v) is 13.2. The van der Waals surface area contributed by atoms with Gasteiger partial charge >= 0.3 is 0 Å². The molecule has 0 aliphatic rings. The van der Waals surface area contributed by atoms with Gasteiger partial charge in [-0.15, -0.1) is 23.5 Å². The van der Waals surface area contributed by atoms with Crippen LogP contribution in [0.1, 0.15) is 24.2 Å². The SMILES string of the molecule is CCSc1cccc(C(C=O)Oc2ccc(C#N)cc2)c1.COCCOc1ccc(N)c(SCN)c1. The summed E-state index contributed by atoms with van der Waals surface area (Å²) in [7, 11) is 1.64. The van der Waals surface area contributed by atoms with Crippen molar-refractivity contribution < 1.29 is 19.0 Å². The van der Waals surface area contributed by atoms with Gasteiger partial charge in [-0.3, -0.25) is 4.79 Å². The number of carbonyl (C=O) groups is 1. The number of benzene rings is 3. The molecule has 0 aliphatic carbocycles. The Morgan fingerprint density at radius 1 is 1.03 bits per heavy atom. The Labute approximate surface area is 221 Å². The number of anilines is 1. The fourth-order valence-electron chi connectivity index (χ4n) is 2.94. The van der Waals surface area contributed by atoms with Gasteiger partial charge in [0.2, 0.25) is 0 Å². The minimum atomic E-state index is -0.643. The standard InChI is InChI=1S/C17H15NO2S.C10H16N2O2S/c1-2-21-16-5-3-4-14(10-16)17(12-19)20-15-8-6-13(11-18)7-9-15;1-13-4-5-14-8-2-3-9(12)10(6-8)15-7-11/h3-10,12,17H,2H2,1H3;2-3,6H,4-5,7,11-12H2,1H3. The summed E-state index contributed by atoms with van der Waals surface area (Å²) in [6.07, 6.45) is 0.142. The number of nitrogens with zero attached hydrogens (tertiary/aromatic N) is 1. The molecule has 3 aromatic rings. The third kappa shape index (κ3) is 9.84. The number of carbonyl (C=O) groups excluding carboxylic acids is 1. The molecule has 0 saturated carbocycles. The molecule has 0 saturated heterocycles. The van der Waals surface area contributed by atoms with Gasteiger partial charge in [0, 0.05) is 34.0 Å². The van der Waals surface area contributed by atoms with Crippen LogP contribution in [0.2, 0.25) is 0 Å². The van der Waals surface area contributed by atoms with E-state index in [1.54, 1.807) is 43.1 Å². The molecule has 1 atom stereocenters. The van der Waals surface area contributed by atoms with Crippen LogP contribution in [-0.4, -0.2) is 38.2 Å². The summed E-state index contributed by atoms with van der Waals surface area (Å²) in [5.41, 5.74) is 13.3. The van der Waals surface area contributed by atoms with Crippen LogP contribution in [0.5, 0.6) is 11.5 Å². The predicted molar refractivity (Wildman–Crippen MR) is 147 cm³/mol. The number of aldehydes is 1. The number of nitrogen functional groups attached to an aromatic ring is 1. The van der Waals surface area contributed by atoms with Crippen molar-refractivity contribution in [3.8, 4) is 17.6 Å². The maximum Gasteiger partial charge on any atom is 0.179 e. The fraction of sp³-hybridized carbons (Fsp3) is 0.259. The van der Waals surface area contributed by atoms with E-state index in [0.717, 1.165) is 38.8 Å². The normalized spacial score (nSPS) is 10.9. The zero-order chi connectivity index (χ0) is 26.2. The van der Waals surface area contributed by atoms with Crippen molar-refractivity contribution in [1.29, 1.82) is 5.26 Å². The Balaban J connectivity index is 0.000000269. The zero-order valence-electron chi connectivity index (χ0n) is 20.4. The average molecular weight is 526 g/mol. The van der Waals surface area contributed by atoms with Crippen LogP contribution in [0.4, 0.5) is 5.69 Å². The lowest BCUT2D eigenvalue weighted by Gasteiger charge is -2.14. The number of ether oxygens (including phenoxy) is 3. The molecule has 9 heteroatoms. The average Bonchev–Trinajstić information content (AvgIpc) is 2.90. The van der Waals surface area contributed by atoms with Crippen molar-refractivity contribution in [2.45, 2.75) is 22.8 Å². The summed E-state index contributed by atoms with van der Waals surface area (Å²) in [6.45, 7) is 3.19. The van der Waals surface area contributed by atoms with Gasteiger partial charge in [0.25, 0.3) is 0 Å². The Hall–Kier alpha value is -3.16. The highest BCUT2D eigenvalue weighted by Gasteiger charge is 2.13.